The largest absolute Gasteiger partial charge is 0.392 e. The van der Waals surface area contributed by atoms with E-state index in [1.807, 2.05) is 0 Å². The number of aliphatic hydroxyl groups excluding tert-OH is 1. The van der Waals surface area contributed by atoms with Crippen LogP contribution in [-0.2, 0) is 6.54 Å². The molecule has 0 aromatic heterocycles. The molecular weight excluding hydrogens is 263 g/mol. The molecule has 0 aliphatic carbocycles. The van der Waals surface area contributed by atoms with Crippen LogP contribution in [-0.4, -0.2) is 34.2 Å². The van der Waals surface area contributed by atoms with Gasteiger partial charge in [0, 0.05) is 18.7 Å². The highest BCUT2D eigenvalue weighted by Crippen LogP contribution is 2.20. The minimum absolute atomic E-state index is 0.0756. The Hall–Kier alpha value is -1.04. The molecule has 0 bridgehead atoms. The Morgan fingerprint density at radius 2 is 2.32 bits per heavy atom. The maximum absolute atomic E-state index is 13.5. The predicted molar refractivity (Wildman–Crippen MR) is 77.4 cm³/mol. The third-order valence-electron chi connectivity index (χ3n) is 3.71. The van der Waals surface area contributed by atoms with Crippen molar-refractivity contribution >= 4 is 17.2 Å². The van der Waals surface area contributed by atoms with E-state index < -0.39 is 0 Å². The Labute approximate surface area is 118 Å². The molecule has 3 N–H and O–H groups in total. The Kier molecular flexibility index (Phi) is 4.50. The smallest absolute Gasteiger partial charge is 0.133 e. The lowest BCUT2D eigenvalue weighted by Crippen LogP contribution is -2.42. The van der Waals surface area contributed by atoms with Crippen molar-refractivity contribution in [1.29, 1.82) is 0 Å². The van der Waals surface area contributed by atoms with Gasteiger partial charge in [0.2, 0.25) is 0 Å². The minimum atomic E-state index is -0.386. The van der Waals surface area contributed by atoms with Gasteiger partial charge < -0.3 is 10.8 Å². The van der Waals surface area contributed by atoms with Crippen molar-refractivity contribution in [3.05, 3.63) is 35.1 Å². The molecule has 1 aromatic rings. The van der Waals surface area contributed by atoms with Crippen LogP contribution >= 0.6 is 12.2 Å². The van der Waals surface area contributed by atoms with Gasteiger partial charge in [-0.05, 0) is 36.6 Å². The van der Waals surface area contributed by atoms with Crippen molar-refractivity contribution in [3.63, 3.8) is 0 Å². The van der Waals surface area contributed by atoms with Gasteiger partial charge in [0.1, 0.15) is 10.8 Å². The Morgan fingerprint density at radius 3 is 2.95 bits per heavy atom. The lowest BCUT2D eigenvalue weighted by atomic mass is 9.95. The Morgan fingerprint density at radius 1 is 1.58 bits per heavy atom. The summed E-state index contributed by atoms with van der Waals surface area (Å²) in [5.41, 5.74) is 6.75. The maximum atomic E-state index is 13.5. The number of likely N-dealkylation sites (tertiary alicyclic amines) is 1. The first-order valence-electron chi connectivity index (χ1n) is 6.46. The van der Waals surface area contributed by atoms with Crippen LogP contribution in [0.1, 0.15) is 24.5 Å². The van der Waals surface area contributed by atoms with E-state index in [1.165, 1.54) is 6.07 Å². The lowest BCUT2D eigenvalue weighted by molar-refractivity contribution is 0.0259. The average Bonchev–Trinajstić information content (AvgIpc) is 2.36. The number of thiocarbonyl (C=S) groups is 1. The highest BCUT2D eigenvalue weighted by atomic mass is 32.1. The summed E-state index contributed by atoms with van der Waals surface area (Å²) in [4.78, 5) is 2.24. The number of benzene rings is 1. The predicted octanol–water partition coefficient (Wildman–Crippen LogP) is 1.66. The molecule has 1 aliphatic rings. The van der Waals surface area contributed by atoms with Crippen molar-refractivity contribution in [2.75, 3.05) is 13.1 Å². The molecule has 1 heterocycles. The summed E-state index contributed by atoms with van der Waals surface area (Å²) in [5, 5.41) is 9.87. The van der Waals surface area contributed by atoms with Crippen LogP contribution in [0, 0.1) is 11.7 Å². The zero-order valence-corrected chi connectivity index (χ0v) is 11.8. The average molecular weight is 282 g/mol. The van der Waals surface area contributed by atoms with E-state index in [0.717, 1.165) is 18.5 Å². The standard InChI is InChI=1S/C14H19FN2OS/c1-9-4-5-17(8-13(9)18)7-10-2-3-12(15)11(6-10)14(16)19/h2-3,6,9,13,18H,4-5,7-8H2,1H3,(H2,16,19). The van der Waals surface area contributed by atoms with Gasteiger partial charge in [-0.3, -0.25) is 4.90 Å². The maximum Gasteiger partial charge on any atom is 0.133 e. The third kappa shape index (κ3) is 3.49. The highest BCUT2D eigenvalue weighted by Gasteiger charge is 2.24. The number of hydrogen-bond donors (Lipinski definition) is 2. The number of nitrogens with two attached hydrogens (primary N) is 1. The van der Waals surface area contributed by atoms with Crippen LogP contribution in [0.25, 0.3) is 0 Å². The summed E-state index contributed by atoms with van der Waals surface area (Å²) in [5.74, 6) is -0.0415. The van der Waals surface area contributed by atoms with E-state index in [2.05, 4.69) is 11.8 Å². The third-order valence-corrected chi connectivity index (χ3v) is 3.93. The second-order valence-corrected chi connectivity index (χ2v) is 5.69. The van der Waals surface area contributed by atoms with Crippen LogP contribution in [0.2, 0.25) is 0 Å². The molecule has 0 amide bonds. The van der Waals surface area contributed by atoms with E-state index in [0.29, 0.717) is 24.6 Å². The van der Waals surface area contributed by atoms with Crippen LogP contribution < -0.4 is 5.73 Å². The SMILES string of the molecule is CC1CCN(Cc2ccc(F)c(C(N)=S)c2)CC1O. The van der Waals surface area contributed by atoms with Crippen molar-refractivity contribution in [3.8, 4) is 0 Å². The van der Waals surface area contributed by atoms with E-state index in [1.54, 1.807) is 12.1 Å². The van der Waals surface area contributed by atoms with Crippen LogP contribution in [0.5, 0.6) is 0 Å². The molecule has 3 nitrogen and oxygen atoms in total. The van der Waals surface area contributed by atoms with E-state index >= 15 is 0 Å². The molecule has 104 valence electrons. The molecular formula is C14H19FN2OS. The number of halogens is 1. The van der Waals surface area contributed by atoms with Crippen LogP contribution in [0.4, 0.5) is 4.39 Å². The number of nitrogens with zero attached hydrogens (tertiary/aromatic N) is 1. The van der Waals surface area contributed by atoms with Crippen molar-refractivity contribution in [2.45, 2.75) is 26.0 Å². The molecule has 2 unspecified atom stereocenters. The van der Waals surface area contributed by atoms with Gasteiger partial charge in [-0.25, -0.2) is 4.39 Å². The zero-order valence-electron chi connectivity index (χ0n) is 11.0. The monoisotopic (exact) mass is 282 g/mol. The fourth-order valence-electron chi connectivity index (χ4n) is 2.38. The lowest BCUT2D eigenvalue weighted by Gasteiger charge is -2.34. The first kappa shape index (κ1) is 14.4. The van der Waals surface area contributed by atoms with E-state index in [9.17, 15) is 9.50 Å². The topological polar surface area (TPSA) is 49.5 Å². The number of piperidine rings is 1. The highest BCUT2D eigenvalue weighted by molar-refractivity contribution is 7.80. The first-order chi connectivity index (χ1) is 8.97. The summed E-state index contributed by atoms with van der Waals surface area (Å²) < 4.78 is 13.5. The van der Waals surface area contributed by atoms with Gasteiger partial charge in [0.25, 0.3) is 0 Å². The number of β-amino-alcohol motifs (C(OH)–C–C–N with tert-alkyl or cyclic N) is 1. The molecule has 1 aromatic carbocycles. The fourth-order valence-corrected chi connectivity index (χ4v) is 2.53. The summed E-state index contributed by atoms with van der Waals surface area (Å²) >= 11 is 4.83. The summed E-state index contributed by atoms with van der Waals surface area (Å²) in [6.07, 6.45) is 0.689. The number of aliphatic hydroxyl groups is 1. The molecule has 2 atom stereocenters. The Balaban J connectivity index is 2.07. The van der Waals surface area contributed by atoms with Gasteiger partial charge in [-0.1, -0.05) is 25.2 Å². The molecule has 19 heavy (non-hydrogen) atoms. The fraction of sp³-hybridized carbons (Fsp3) is 0.500. The van der Waals surface area contributed by atoms with E-state index in [-0.39, 0.29) is 16.9 Å². The van der Waals surface area contributed by atoms with Crippen molar-refractivity contribution < 1.29 is 9.50 Å². The summed E-state index contributed by atoms with van der Waals surface area (Å²) in [7, 11) is 0. The molecule has 2 rings (SSSR count). The molecule has 1 fully saturated rings. The first-order valence-corrected chi connectivity index (χ1v) is 6.87. The Bertz CT molecular complexity index is 481. The second kappa shape index (κ2) is 5.94. The van der Waals surface area contributed by atoms with Gasteiger partial charge in [-0.2, -0.15) is 0 Å². The van der Waals surface area contributed by atoms with Crippen molar-refractivity contribution in [2.24, 2.45) is 11.7 Å². The zero-order chi connectivity index (χ0) is 14.0. The quantitative estimate of drug-likeness (QED) is 0.828. The number of rotatable bonds is 3. The minimum Gasteiger partial charge on any atom is -0.392 e. The molecule has 1 saturated heterocycles. The molecule has 1 aliphatic heterocycles. The summed E-state index contributed by atoms with van der Waals surface area (Å²) in [6.45, 7) is 4.34. The summed E-state index contributed by atoms with van der Waals surface area (Å²) in [6, 6.07) is 4.83. The second-order valence-electron chi connectivity index (χ2n) is 5.25. The van der Waals surface area contributed by atoms with Gasteiger partial charge in [0.15, 0.2) is 0 Å². The van der Waals surface area contributed by atoms with Crippen molar-refractivity contribution in [1.82, 2.24) is 4.90 Å². The van der Waals surface area contributed by atoms with E-state index in [4.69, 9.17) is 18.0 Å². The molecule has 0 spiro atoms. The normalized spacial score (nSPS) is 24.4. The molecule has 0 saturated carbocycles. The van der Waals surface area contributed by atoms with Crippen LogP contribution in [0.15, 0.2) is 18.2 Å². The number of hydrogen-bond acceptors (Lipinski definition) is 3. The van der Waals surface area contributed by atoms with Crippen LogP contribution in [0.3, 0.4) is 0 Å². The van der Waals surface area contributed by atoms with Gasteiger partial charge in [-0.15, -0.1) is 0 Å². The molecule has 0 radical (unpaired) electrons. The van der Waals surface area contributed by atoms with Gasteiger partial charge >= 0.3 is 0 Å². The molecule has 5 heteroatoms. The van der Waals surface area contributed by atoms with Gasteiger partial charge in [0.05, 0.1) is 6.10 Å².